The molecular weight excluding hydrogens is 386 g/mol. The van der Waals surface area contributed by atoms with Gasteiger partial charge < -0.3 is 10.1 Å². The summed E-state index contributed by atoms with van der Waals surface area (Å²) in [5.41, 5.74) is -0.232. The van der Waals surface area contributed by atoms with E-state index in [9.17, 15) is 23.9 Å². The number of carbonyl (C=O) groups excluding carboxylic acids is 2. The molecule has 0 fully saturated rings. The molecule has 1 atom stereocenters. The number of carbonyl (C=O) groups is 2. The lowest BCUT2D eigenvalue weighted by Crippen LogP contribution is -2.22. The summed E-state index contributed by atoms with van der Waals surface area (Å²) >= 11 is 0. The molecule has 0 heterocycles. The number of anilines is 1. The highest BCUT2D eigenvalue weighted by Crippen LogP contribution is 2.21. The first-order valence-corrected chi connectivity index (χ1v) is 9.32. The first-order valence-electron chi connectivity index (χ1n) is 8.00. The van der Waals surface area contributed by atoms with Gasteiger partial charge in [0.1, 0.15) is 6.07 Å². The number of amides is 1. The molecule has 0 radical (unpaired) electrons. The van der Waals surface area contributed by atoms with Crippen LogP contribution in [0.5, 0.6) is 0 Å². The molecule has 2 rings (SSSR count). The van der Waals surface area contributed by atoms with Gasteiger partial charge in [-0.3, -0.25) is 19.1 Å². The van der Waals surface area contributed by atoms with Crippen LogP contribution in [0.3, 0.4) is 0 Å². The van der Waals surface area contributed by atoms with Gasteiger partial charge in [-0.2, -0.15) is 5.26 Å². The number of nitriles is 1. The highest BCUT2D eigenvalue weighted by molar-refractivity contribution is 7.85. The first-order chi connectivity index (χ1) is 13.4. The van der Waals surface area contributed by atoms with Crippen LogP contribution in [-0.4, -0.2) is 33.4 Å². The summed E-state index contributed by atoms with van der Waals surface area (Å²) in [6, 6.07) is 11.4. The molecule has 1 amide bonds. The molecule has 0 spiro atoms. The highest BCUT2D eigenvalue weighted by atomic mass is 32.2. The van der Waals surface area contributed by atoms with Gasteiger partial charge in [0, 0.05) is 17.9 Å². The quantitative estimate of drug-likeness (QED) is 0.427. The van der Waals surface area contributed by atoms with Crippen LogP contribution < -0.4 is 5.32 Å². The van der Waals surface area contributed by atoms with Crippen molar-refractivity contribution in [2.45, 2.75) is 11.8 Å². The van der Waals surface area contributed by atoms with E-state index in [-0.39, 0.29) is 22.5 Å². The van der Waals surface area contributed by atoms with Crippen molar-refractivity contribution >= 4 is 34.1 Å². The number of hydrogen-bond donors (Lipinski definition) is 1. The Hall–Kier alpha value is -3.58. The van der Waals surface area contributed by atoms with Crippen LogP contribution in [0.25, 0.3) is 0 Å². The van der Waals surface area contributed by atoms with Gasteiger partial charge >= 0.3 is 5.97 Å². The molecule has 0 aromatic heterocycles. The SMILES string of the molecule is CC[S@@](=O)c1ccccc1C(=O)OCC(=O)Nc1ccc([N+](=O)[O-])cc1C#N. The van der Waals surface area contributed by atoms with E-state index in [1.165, 1.54) is 12.1 Å². The summed E-state index contributed by atoms with van der Waals surface area (Å²) in [5.74, 6) is -1.22. The van der Waals surface area contributed by atoms with E-state index in [1.807, 2.05) is 0 Å². The molecule has 10 heteroatoms. The number of benzene rings is 2. The molecule has 0 aliphatic rings. The Morgan fingerprint density at radius 1 is 1.29 bits per heavy atom. The molecular formula is C18H15N3O6S. The molecule has 0 saturated carbocycles. The van der Waals surface area contributed by atoms with Crippen molar-refractivity contribution in [3.63, 3.8) is 0 Å². The second kappa shape index (κ2) is 9.38. The molecule has 9 nitrogen and oxygen atoms in total. The summed E-state index contributed by atoms with van der Waals surface area (Å²) in [7, 11) is -1.37. The fraction of sp³-hybridized carbons (Fsp3) is 0.167. The van der Waals surface area contributed by atoms with E-state index < -0.39 is 34.2 Å². The maximum absolute atomic E-state index is 12.2. The van der Waals surface area contributed by atoms with Crippen molar-refractivity contribution in [2.75, 3.05) is 17.7 Å². The van der Waals surface area contributed by atoms with Crippen molar-refractivity contribution in [2.24, 2.45) is 0 Å². The second-order valence-electron chi connectivity index (χ2n) is 5.35. The number of ether oxygens (including phenoxy) is 1. The zero-order chi connectivity index (χ0) is 20.7. The van der Waals surface area contributed by atoms with Gasteiger partial charge in [-0.15, -0.1) is 0 Å². The third-order valence-electron chi connectivity index (χ3n) is 3.56. The lowest BCUT2D eigenvalue weighted by Gasteiger charge is -2.10. The van der Waals surface area contributed by atoms with E-state index in [0.29, 0.717) is 10.6 Å². The molecule has 0 saturated heterocycles. The van der Waals surface area contributed by atoms with Crippen molar-refractivity contribution in [1.29, 1.82) is 5.26 Å². The van der Waals surface area contributed by atoms with Crippen LogP contribution in [0.4, 0.5) is 11.4 Å². The van der Waals surface area contributed by atoms with E-state index >= 15 is 0 Å². The molecule has 0 bridgehead atoms. The van der Waals surface area contributed by atoms with Crippen LogP contribution in [-0.2, 0) is 20.3 Å². The molecule has 28 heavy (non-hydrogen) atoms. The predicted molar refractivity (Wildman–Crippen MR) is 100 cm³/mol. The Labute approximate surface area is 162 Å². The average molecular weight is 401 g/mol. The third kappa shape index (κ3) is 4.99. The Morgan fingerprint density at radius 2 is 2.00 bits per heavy atom. The number of rotatable bonds is 7. The predicted octanol–water partition coefficient (Wildman–Crippen LogP) is 2.39. The van der Waals surface area contributed by atoms with Crippen LogP contribution in [0.2, 0.25) is 0 Å². The maximum atomic E-state index is 12.2. The van der Waals surface area contributed by atoms with Gasteiger partial charge in [-0.25, -0.2) is 4.79 Å². The average Bonchev–Trinajstić information content (AvgIpc) is 2.71. The molecule has 2 aromatic carbocycles. The minimum absolute atomic E-state index is 0.0571. The van der Waals surface area contributed by atoms with Crippen LogP contribution >= 0.6 is 0 Å². The van der Waals surface area contributed by atoms with Crippen molar-refractivity contribution in [1.82, 2.24) is 0 Å². The topological polar surface area (TPSA) is 139 Å². The van der Waals surface area contributed by atoms with Crippen molar-refractivity contribution < 1.29 is 23.5 Å². The van der Waals surface area contributed by atoms with Crippen LogP contribution in [0.1, 0.15) is 22.8 Å². The molecule has 0 unspecified atom stereocenters. The second-order valence-corrected chi connectivity index (χ2v) is 7.06. The first kappa shape index (κ1) is 20.7. The van der Waals surface area contributed by atoms with Gasteiger partial charge in [0.2, 0.25) is 0 Å². The van der Waals surface area contributed by atoms with Crippen LogP contribution in [0, 0.1) is 21.4 Å². The number of hydrogen-bond acceptors (Lipinski definition) is 7. The Morgan fingerprint density at radius 3 is 2.64 bits per heavy atom. The number of nitrogens with zero attached hydrogens (tertiary/aromatic N) is 2. The normalized spacial score (nSPS) is 11.1. The van der Waals surface area contributed by atoms with Crippen LogP contribution in [0.15, 0.2) is 47.4 Å². The van der Waals surface area contributed by atoms with Gasteiger partial charge in [0.05, 0.1) is 37.4 Å². The van der Waals surface area contributed by atoms with E-state index in [0.717, 1.165) is 12.1 Å². The summed E-state index contributed by atoms with van der Waals surface area (Å²) in [4.78, 5) is 34.6. The number of nitrogens with one attached hydrogen (secondary N) is 1. The largest absolute Gasteiger partial charge is 0.452 e. The lowest BCUT2D eigenvalue weighted by atomic mass is 10.1. The smallest absolute Gasteiger partial charge is 0.339 e. The molecule has 0 aliphatic carbocycles. The third-order valence-corrected chi connectivity index (χ3v) is 4.93. The number of non-ortho nitro benzene ring substituents is 1. The van der Waals surface area contributed by atoms with E-state index in [1.54, 1.807) is 31.2 Å². The summed E-state index contributed by atoms with van der Waals surface area (Å²) in [6.07, 6.45) is 0. The Balaban J connectivity index is 2.06. The van der Waals surface area contributed by atoms with Gasteiger partial charge in [0.15, 0.2) is 6.61 Å². The lowest BCUT2D eigenvalue weighted by molar-refractivity contribution is -0.384. The van der Waals surface area contributed by atoms with E-state index in [4.69, 9.17) is 10.00 Å². The van der Waals surface area contributed by atoms with Gasteiger partial charge in [0.25, 0.3) is 11.6 Å². The monoisotopic (exact) mass is 401 g/mol. The minimum Gasteiger partial charge on any atom is -0.452 e. The minimum atomic E-state index is -1.37. The standard InChI is InChI=1S/C18H15N3O6S/c1-2-28(26)16-6-4-3-5-14(16)18(23)27-11-17(22)20-15-8-7-13(21(24)25)9-12(15)10-19/h3-9H,2,11H2,1H3,(H,20,22)/t28-/m1/s1. The Kier molecular flexibility index (Phi) is 6.95. The summed E-state index contributed by atoms with van der Waals surface area (Å²) < 4.78 is 17.0. The fourth-order valence-electron chi connectivity index (χ4n) is 2.23. The number of nitro groups is 1. The van der Waals surface area contributed by atoms with Crippen molar-refractivity contribution in [3.05, 3.63) is 63.7 Å². The number of nitro benzene ring substituents is 1. The molecule has 1 N–H and O–H groups in total. The maximum Gasteiger partial charge on any atom is 0.339 e. The van der Waals surface area contributed by atoms with E-state index in [2.05, 4.69) is 5.32 Å². The summed E-state index contributed by atoms with van der Waals surface area (Å²) in [6.45, 7) is 1.07. The molecule has 0 aliphatic heterocycles. The zero-order valence-corrected chi connectivity index (χ0v) is 15.5. The number of esters is 1. The fourth-order valence-corrected chi connectivity index (χ4v) is 3.17. The summed E-state index contributed by atoms with van der Waals surface area (Å²) in [5, 5.41) is 22.2. The van der Waals surface area contributed by atoms with Gasteiger partial charge in [-0.1, -0.05) is 19.1 Å². The Bertz CT molecular complexity index is 999. The highest BCUT2D eigenvalue weighted by Gasteiger charge is 2.18. The van der Waals surface area contributed by atoms with Gasteiger partial charge in [-0.05, 0) is 18.2 Å². The molecule has 2 aromatic rings. The van der Waals surface area contributed by atoms with Crippen molar-refractivity contribution in [3.8, 4) is 6.07 Å². The molecule has 144 valence electrons. The zero-order valence-electron chi connectivity index (χ0n) is 14.7.